The third-order valence-electron chi connectivity index (χ3n) is 4.48. The minimum atomic E-state index is -0.312. The zero-order valence-electron chi connectivity index (χ0n) is 10.5. The van der Waals surface area contributed by atoms with Crippen LogP contribution in [0.1, 0.15) is 43.2 Å². The van der Waals surface area contributed by atoms with E-state index in [1.54, 1.807) is 0 Å². The van der Waals surface area contributed by atoms with E-state index in [1.807, 2.05) is 0 Å². The summed E-state index contributed by atoms with van der Waals surface area (Å²) in [6.07, 6.45) is 10.2. The lowest BCUT2D eigenvalue weighted by atomic mass is 9.93. The van der Waals surface area contributed by atoms with Gasteiger partial charge in [0.15, 0.2) is 5.79 Å². The fraction of sp³-hybridized carbons (Fsp3) is 0.500. The van der Waals surface area contributed by atoms with Crippen LogP contribution in [0.25, 0.3) is 6.08 Å². The van der Waals surface area contributed by atoms with Crippen molar-refractivity contribution < 1.29 is 9.47 Å². The highest BCUT2D eigenvalue weighted by molar-refractivity contribution is 5.64. The second-order valence-corrected chi connectivity index (χ2v) is 5.67. The van der Waals surface area contributed by atoms with Gasteiger partial charge in [-0.1, -0.05) is 36.8 Å². The number of hydrogen-bond donors (Lipinski definition) is 0. The Bertz CT molecular complexity index is 500. The van der Waals surface area contributed by atoms with E-state index in [2.05, 4.69) is 36.4 Å². The van der Waals surface area contributed by atoms with Crippen molar-refractivity contribution in [2.24, 2.45) is 0 Å². The molecule has 1 saturated heterocycles. The molecule has 0 aromatic heterocycles. The van der Waals surface area contributed by atoms with Gasteiger partial charge in [0.25, 0.3) is 0 Å². The molecule has 1 aromatic carbocycles. The molecular formula is C16H18O2. The lowest BCUT2D eigenvalue weighted by Gasteiger charge is -2.33. The molecule has 0 radical (unpaired) electrons. The van der Waals surface area contributed by atoms with Crippen LogP contribution in [0.4, 0.5) is 0 Å². The van der Waals surface area contributed by atoms with Crippen molar-refractivity contribution in [1.29, 1.82) is 0 Å². The maximum absolute atomic E-state index is 6.46. The van der Waals surface area contributed by atoms with E-state index < -0.39 is 0 Å². The smallest absolute Gasteiger partial charge is 0.170 e. The summed E-state index contributed by atoms with van der Waals surface area (Å²) in [4.78, 5) is 0. The summed E-state index contributed by atoms with van der Waals surface area (Å²) in [6.45, 7) is 0.667. The Hall–Kier alpha value is -1.12. The second-order valence-electron chi connectivity index (χ2n) is 5.67. The molecule has 1 aliphatic heterocycles. The molecule has 3 aliphatic rings. The molecule has 0 bridgehead atoms. The number of benzene rings is 1. The van der Waals surface area contributed by atoms with Crippen molar-refractivity contribution in [1.82, 2.24) is 0 Å². The quantitative estimate of drug-likeness (QED) is 0.692. The van der Waals surface area contributed by atoms with Gasteiger partial charge in [-0.2, -0.15) is 0 Å². The normalized spacial score (nSPS) is 32.2. The average Bonchev–Trinajstić information content (AvgIpc) is 2.95. The highest BCUT2D eigenvalue weighted by Gasteiger charge is 2.52. The fourth-order valence-electron chi connectivity index (χ4n) is 3.52. The molecule has 1 unspecified atom stereocenters. The van der Waals surface area contributed by atoms with Crippen LogP contribution in [0.2, 0.25) is 0 Å². The third-order valence-corrected chi connectivity index (χ3v) is 4.48. The monoisotopic (exact) mass is 242 g/mol. The molecule has 2 aliphatic carbocycles. The Labute approximate surface area is 108 Å². The van der Waals surface area contributed by atoms with Gasteiger partial charge in [-0.3, -0.25) is 0 Å². The lowest BCUT2D eigenvalue weighted by molar-refractivity contribution is -0.198. The van der Waals surface area contributed by atoms with Gasteiger partial charge in [0.1, 0.15) is 5.60 Å². The summed E-state index contributed by atoms with van der Waals surface area (Å²) in [6, 6.07) is 8.48. The first-order valence-corrected chi connectivity index (χ1v) is 6.95. The van der Waals surface area contributed by atoms with Crippen LogP contribution in [0, 0.1) is 0 Å². The van der Waals surface area contributed by atoms with E-state index in [0.29, 0.717) is 6.61 Å². The topological polar surface area (TPSA) is 18.5 Å². The van der Waals surface area contributed by atoms with E-state index in [9.17, 15) is 0 Å². The van der Waals surface area contributed by atoms with Crippen LogP contribution < -0.4 is 0 Å². The average molecular weight is 242 g/mol. The molecule has 94 valence electrons. The van der Waals surface area contributed by atoms with Crippen molar-refractivity contribution in [3.63, 3.8) is 0 Å². The van der Waals surface area contributed by atoms with Crippen LogP contribution in [-0.4, -0.2) is 12.4 Å². The molecule has 4 rings (SSSR count). The minimum Gasteiger partial charge on any atom is -0.346 e. The molecule has 0 N–H and O–H groups in total. The lowest BCUT2D eigenvalue weighted by Crippen LogP contribution is -2.35. The highest BCUT2D eigenvalue weighted by atomic mass is 16.8. The highest BCUT2D eigenvalue weighted by Crippen LogP contribution is 2.49. The van der Waals surface area contributed by atoms with Gasteiger partial charge in [0.2, 0.25) is 0 Å². The summed E-state index contributed by atoms with van der Waals surface area (Å²) >= 11 is 0. The Balaban J connectivity index is 1.70. The third kappa shape index (κ3) is 1.42. The molecular weight excluding hydrogens is 224 g/mol. The molecule has 18 heavy (non-hydrogen) atoms. The van der Waals surface area contributed by atoms with Crippen LogP contribution in [0.5, 0.6) is 0 Å². The van der Waals surface area contributed by atoms with E-state index in [0.717, 1.165) is 12.8 Å². The van der Waals surface area contributed by atoms with Crippen molar-refractivity contribution >= 4 is 6.08 Å². The summed E-state index contributed by atoms with van der Waals surface area (Å²) in [5, 5.41) is 0. The summed E-state index contributed by atoms with van der Waals surface area (Å²) in [5.41, 5.74) is 2.23. The van der Waals surface area contributed by atoms with Crippen molar-refractivity contribution in [2.45, 2.75) is 43.5 Å². The number of fused-ring (bicyclic) bond motifs is 2. The van der Waals surface area contributed by atoms with E-state index in [1.165, 1.54) is 30.4 Å². The van der Waals surface area contributed by atoms with Gasteiger partial charge >= 0.3 is 0 Å². The van der Waals surface area contributed by atoms with Crippen molar-refractivity contribution in [3.05, 3.63) is 41.5 Å². The zero-order valence-corrected chi connectivity index (χ0v) is 10.5. The van der Waals surface area contributed by atoms with Crippen LogP contribution in [-0.2, 0) is 15.1 Å². The van der Waals surface area contributed by atoms with Gasteiger partial charge in [0.05, 0.1) is 6.61 Å². The zero-order chi connectivity index (χ0) is 12.1. The van der Waals surface area contributed by atoms with Gasteiger partial charge in [-0.25, -0.2) is 0 Å². The van der Waals surface area contributed by atoms with Gasteiger partial charge in [-0.15, -0.1) is 0 Å². The Kier molecular flexibility index (Phi) is 2.21. The minimum absolute atomic E-state index is 0.306. The summed E-state index contributed by atoms with van der Waals surface area (Å²) < 4.78 is 12.6. The van der Waals surface area contributed by atoms with E-state index in [-0.39, 0.29) is 11.4 Å². The van der Waals surface area contributed by atoms with Crippen molar-refractivity contribution in [2.75, 3.05) is 6.61 Å². The van der Waals surface area contributed by atoms with Gasteiger partial charge in [0, 0.05) is 12.8 Å². The van der Waals surface area contributed by atoms with Crippen LogP contribution >= 0.6 is 0 Å². The maximum atomic E-state index is 6.46. The standard InChI is InChI=1S/C16H18O2/c1-4-9-16(10-5-1)17-12-15(18-16)11-8-13-6-2-3-7-14(13)15/h2-3,6-8,11H,1,4-5,9-10,12H2. The molecule has 1 atom stereocenters. The fourth-order valence-corrected chi connectivity index (χ4v) is 3.52. The Morgan fingerprint density at radius 1 is 1.00 bits per heavy atom. The molecule has 1 aromatic rings. The van der Waals surface area contributed by atoms with Gasteiger partial charge in [-0.05, 0) is 30.0 Å². The first-order chi connectivity index (χ1) is 8.82. The number of ether oxygens (including phenoxy) is 2. The summed E-state index contributed by atoms with van der Waals surface area (Å²) in [5.74, 6) is -0.306. The first kappa shape index (κ1) is 10.8. The van der Waals surface area contributed by atoms with Crippen molar-refractivity contribution in [3.8, 4) is 0 Å². The Morgan fingerprint density at radius 2 is 1.83 bits per heavy atom. The van der Waals surface area contributed by atoms with Crippen LogP contribution in [0.15, 0.2) is 30.3 Å². The molecule has 2 heteroatoms. The number of rotatable bonds is 0. The number of hydrogen-bond acceptors (Lipinski definition) is 2. The largest absolute Gasteiger partial charge is 0.346 e. The molecule has 1 saturated carbocycles. The second kappa shape index (κ2) is 3.69. The maximum Gasteiger partial charge on any atom is 0.170 e. The molecule has 0 amide bonds. The van der Waals surface area contributed by atoms with E-state index >= 15 is 0 Å². The predicted octanol–water partition coefficient (Wildman–Crippen LogP) is 3.62. The molecule has 2 spiro atoms. The molecule has 2 nitrogen and oxygen atoms in total. The SMILES string of the molecule is C1=CC2(COC3(CCCCC3)O2)c2ccccc21. The summed E-state index contributed by atoms with van der Waals surface area (Å²) in [7, 11) is 0. The molecule has 2 fully saturated rings. The molecule has 1 heterocycles. The predicted molar refractivity (Wildman–Crippen MR) is 70.0 cm³/mol. The van der Waals surface area contributed by atoms with Crippen LogP contribution in [0.3, 0.4) is 0 Å². The first-order valence-electron chi connectivity index (χ1n) is 6.95. The Morgan fingerprint density at radius 3 is 2.72 bits per heavy atom. The van der Waals surface area contributed by atoms with E-state index in [4.69, 9.17) is 9.47 Å². The van der Waals surface area contributed by atoms with Gasteiger partial charge < -0.3 is 9.47 Å².